The topological polar surface area (TPSA) is 105 Å². The van der Waals surface area contributed by atoms with Crippen molar-refractivity contribution in [2.24, 2.45) is 0 Å². The number of hydrogen-bond acceptors (Lipinski definition) is 7. The van der Waals surface area contributed by atoms with E-state index in [9.17, 15) is 14.9 Å². The molecule has 1 N–H and O–H groups in total. The zero-order valence-corrected chi connectivity index (χ0v) is 22.1. The highest BCUT2D eigenvalue weighted by Gasteiger charge is 2.28. The van der Waals surface area contributed by atoms with Crippen LogP contribution < -0.4 is 10.1 Å². The summed E-state index contributed by atoms with van der Waals surface area (Å²) in [6, 6.07) is 12.0. The van der Waals surface area contributed by atoms with Crippen molar-refractivity contribution in [1.29, 1.82) is 5.26 Å². The largest absolute Gasteiger partial charge is 0.496 e. The van der Waals surface area contributed by atoms with Crippen molar-refractivity contribution < 1.29 is 19.1 Å². The van der Waals surface area contributed by atoms with E-state index in [0.29, 0.717) is 36.5 Å². The Morgan fingerprint density at radius 2 is 2.16 bits per heavy atom. The summed E-state index contributed by atoms with van der Waals surface area (Å²) in [7, 11) is 1.62. The molecule has 0 bridgehead atoms. The van der Waals surface area contributed by atoms with Crippen LogP contribution in [0.4, 0.5) is 9.80 Å². The summed E-state index contributed by atoms with van der Waals surface area (Å²) in [6.07, 6.45) is 4.47. The Hall–Kier alpha value is -3.90. The number of hydrogen-bond donors (Lipinski definition) is 1. The molecular weight excluding hydrogens is 488 g/mol. The zero-order valence-electron chi connectivity index (χ0n) is 21.2. The second-order valence-electron chi connectivity index (χ2n) is 9.12. The molecular formula is C28H30N4O4S. The van der Waals surface area contributed by atoms with Crippen molar-refractivity contribution in [3.05, 3.63) is 75.4 Å². The molecule has 1 aliphatic rings. The molecule has 2 amide bonds. The van der Waals surface area contributed by atoms with Crippen LogP contribution in [-0.2, 0) is 28.9 Å². The number of anilines is 1. The number of carbonyl (C=O) groups excluding carboxylic acids is 2. The molecule has 2 aromatic heterocycles. The van der Waals surface area contributed by atoms with Crippen LogP contribution in [0.15, 0.2) is 42.7 Å². The third-order valence-corrected chi connectivity index (χ3v) is 7.56. The molecule has 1 atom stereocenters. The van der Waals surface area contributed by atoms with E-state index < -0.39 is 0 Å². The molecule has 4 rings (SSSR count). The number of methoxy groups -OCH3 is 1. The van der Waals surface area contributed by atoms with Gasteiger partial charge in [-0.05, 0) is 48.1 Å². The average Bonchev–Trinajstić information content (AvgIpc) is 3.24. The second kappa shape index (κ2) is 11.9. The molecule has 8 nitrogen and oxygen atoms in total. The van der Waals surface area contributed by atoms with Crippen LogP contribution in [-0.4, -0.2) is 42.1 Å². The van der Waals surface area contributed by atoms with Crippen LogP contribution in [0.5, 0.6) is 5.75 Å². The molecule has 37 heavy (non-hydrogen) atoms. The second-order valence-corrected chi connectivity index (χ2v) is 10.2. The summed E-state index contributed by atoms with van der Waals surface area (Å²) in [5.74, 6) is 0.521. The number of fused-ring (bicyclic) bond motifs is 1. The lowest BCUT2D eigenvalue weighted by Crippen LogP contribution is -2.36. The quantitative estimate of drug-likeness (QED) is 0.439. The molecule has 0 saturated carbocycles. The Morgan fingerprint density at radius 1 is 1.32 bits per heavy atom. The Bertz CT molecular complexity index is 1320. The Balaban J connectivity index is 1.37. The first-order chi connectivity index (χ1) is 17.9. The summed E-state index contributed by atoms with van der Waals surface area (Å²) < 4.78 is 10.9. The van der Waals surface area contributed by atoms with E-state index in [2.05, 4.69) is 16.4 Å². The van der Waals surface area contributed by atoms with Crippen LogP contribution in [0.3, 0.4) is 0 Å². The fraction of sp³-hybridized carbons (Fsp3) is 0.357. The summed E-state index contributed by atoms with van der Waals surface area (Å²) in [6.45, 7) is 5.08. The van der Waals surface area contributed by atoms with E-state index in [0.717, 1.165) is 32.9 Å². The lowest BCUT2D eigenvalue weighted by Gasteiger charge is -2.26. The number of nitrogens with zero attached hydrogens (tertiary/aromatic N) is 3. The van der Waals surface area contributed by atoms with Gasteiger partial charge in [0.05, 0.1) is 25.8 Å². The maximum absolute atomic E-state index is 12.9. The van der Waals surface area contributed by atoms with Gasteiger partial charge in [0.1, 0.15) is 16.8 Å². The Morgan fingerprint density at radius 3 is 2.89 bits per heavy atom. The molecule has 3 aromatic rings. The number of rotatable bonds is 8. The lowest BCUT2D eigenvalue weighted by molar-refractivity contribution is -0.116. The first-order valence-electron chi connectivity index (χ1n) is 12.2. The van der Waals surface area contributed by atoms with Crippen LogP contribution in [0.2, 0.25) is 0 Å². The molecule has 0 saturated heterocycles. The Kier molecular flexibility index (Phi) is 8.41. The van der Waals surface area contributed by atoms with Gasteiger partial charge in [0.15, 0.2) is 0 Å². The van der Waals surface area contributed by atoms with Gasteiger partial charge in [-0.3, -0.25) is 9.78 Å². The minimum absolute atomic E-state index is 0.0631. The Labute approximate surface area is 220 Å². The number of nitriles is 1. The molecule has 0 fully saturated rings. The van der Waals surface area contributed by atoms with Gasteiger partial charge in [-0.25, -0.2) is 4.79 Å². The average molecular weight is 519 g/mol. The maximum Gasteiger partial charge on any atom is 0.410 e. The minimum atomic E-state index is -0.382. The van der Waals surface area contributed by atoms with Crippen molar-refractivity contribution in [1.82, 2.24) is 9.88 Å². The first kappa shape index (κ1) is 26.2. The highest BCUT2D eigenvalue weighted by molar-refractivity contribution is 7.16. The number of ether oxygens (including phenoxy) is 2. The number of carbonyl (C=O) groups is 2. The van der Waals surface area contributed by atoms with Crippen molar-refractivity contribution in [3.8, 4) is 11.8 Å². The molecule has 0 aliphatic carbocycles. The predicted molar refractivity (Wildman–Crippen MR) is 142 cm³/mol. The summed E-state index contributed by atoms with van der Waals surface area (Å²) >= 11 is 1.35. The van der Waals surface area contributed by atoms with Gasteiger partial charge in [-0.15, -0.1) is 11.3 Å². The highest BCUT2D eigenvalue weighted by atomic mass is 32.1. The molecule has 1 aliphatic heterocycles. The molecule has 0 spiro atoms. The number of aryl methyl sites for hydroxylation is 1. The van der Waals surface area contributed by atoms with E-state index >= 15 is 0 Å². The molecule has 1 aromatic carbocycles. The van der Waals surface area contributed by atoms with E-state index in [1.807, 2.05) is 44.2 Å². The number of pyridine rings is 1. The predicted octanol–water partition coefficient (Wildman–Crippen LogP) is 5.20. The SMILES string of the molecule is COc1ccc(C)cc1C(C)CC(=O)Nc1sc2c(c1C#N)CCN(C(=O)OCCc1cccnc1)C2. The van der Waals surface area contributed by atoms with Gasteiger partial charge < -0.3 is 19.7 Å². The van der Waals surface area contributed by atoms with Crippen molar-refractivity contribution in [2.45, 2.75) is 45.6 Å². The lowest BCUT2D eigenvalue weighted by atomic mass is 9.95. The van der Waals surface area contributed by atoms with Crippen LogP contribution in [0, 0.1) is 18.3 Å². The third-order valence-electron chi connectivity index (χ3n) is 6.43. The number of amides is 2. The number of thiophene rings is 1. The number of nitrogens with one attached hydrogen (secondary N) is 1. The van der Waals surface area contributed by atoms with Gasteiger partial charge in [-0.1, -0.05) is 30.7 Å². The molecule has 0 radical (unpaired) electrons. The molecule has 1 unspecified atom stereocenters. The van der Waals surface area contributed by atoms with Gasteiger partial charge in [-0.2, -0.15) is 5.26 Å². The summed E-state index contributed by atoms with van der Waals surface area (Å²) in [5, 5.41) is 13.3. The van der Waals surface area contributed by atoms with E-state index in [1.165, 1.54) is 11.3 Å². The summed E-state index contributed by atoms with van der Waals surface area (Å²) in [5.41, 5.74) is 4.46. The number of aromatic nitrogens is 1. The van der Waals surface area contributed by atoms with E-state index in [1.54, 1.807) is 24.4 Å². The molecule has 9 heteroatoms. The molecule has 3 heterocycles. The van der Waals surface area contributed by atoms with E-state index in [-0.39, 0.29) is 30.9 Å². The van der Waals surface area contributed by atoms with Crippen molar-refractivity contribution in [3.63, 3.8) is 0 Å². The monoisotopic (exact) mass is 518 g/mol. The fourth-order valence-electron chi connectivity index (χ4n) is 4.46. The summed E-state index contributed by atoms with van der Waals surface area (Å²) in [4.78, 5) is 32.1. The van der Waals surface area contributed by atoms with Gasteiger partial charge in [0.25, 0.3) is 0 Å². The minimum Gasteiger partial charge on any atom is -0.496 e. The molecule has 192 valence electrons. The van der Waals surface area contributed by atoms with Crippen molar-refractivity contribution >= 4 is 28.3 Å². The van der Waals surface area contributed by atoms with Crippen LogP contribution >= 0.6 is 11.3 Å². The van der Waals surface area contributed by atoms with Gasteiger partial charge in [0, 0.05) is 36.7 Å². The van der Waals surface area contributed by atoms with Crippen LogP contribution in [0.1, 0.15) is 52.0 Å². The van der Waals surface area contributed by atoms with Crippen LogP contribution in [0.25, 0.3) is 0 Å². The standard InChI is InChI=1S/C28H30N4O4S/c1-18-6-7-24(35-3)22(13-18)19(2)14-26(33)31-27-23(15-29)21-8-11-32(17-25(21)37-27)28(34)36-12-9-20-5-4-10-30-16-20/h4-7,10,13,16,19H,8-9,11-12,14,17H2,1-3H3,(H,31,33). The third kappa shape index (κ3) is 6.27. The fourth-order valence-corrected chi connectivity index (χ4v) is 5.69. The van der Waals surface area contributed by atoms with E-state index in [4.69, 9.17) is 9.47 Å². The van der Waals surface area contributed by atoms with Gasteiger partial charge in [0.2, 0.25) is 5.91 Å². The number of benzene rings is 1. The van der Waals surface area contributed by atoms with Gasteiger partial charge >= 0.3 is 6.09 Å². The maximum atomic E-state index is 12.9. The normalized spacial score (nSPS) is 13.3. The highest BCUT2D eigenvalue weighted by Crippen LogP contribution is 2.37. The van der Waals surface area contributed by atoms with Crippen molar-refractivity contribution in [2.75, 3.05) is 25.6 Å². The zero-order chi connectivity index (χ0) is 26.4. The smallest absolute Gasteiger partial charge is 0.410 e. The first-order valence-corrected chi connectivity index (χ1v) is 13.0.